The van der Waals surface area contributed by atoms with E-state index in [9.17, 15) is 18.8 Å². The van der Waals surface area contributed by atoms with Crippen molar-refractivity contribution < 1.29 is 13.6 Å². The molecule has 1 amide bonds. The Morgan fingerprint density at radius 1 is 1.33 bits per heavy atom. The van der Waals surface area contributed by atoms with Crippen molar-refractivity contribution in [1.82, 2.24) is 4.90 Å². The van der Waals surface area contributed by atoms with Gasteiger partial charge in [-0.1, -0.05) is 25.8 Å². The minimum atomic E-state index is -2.64. The van der Waals surface area contributed by atoms with E-state index < -0.39 is 11.5 Å². The zero-order valence-corrected chi connectivity index (χ0v) is 17.1. The molecule has 2 spiro atoms. The molecule has 5 rings (SSSR count). The summed E-state index contributed by atoms with van der Waals surface area (Å²) in [5, 5.41) is 9.44. The first-order chi connectivity index (χ1) is 14.2. The number of aliphatic imine (C=N–C) groups is 1. The molecule has 2 fully saturated rings. The molecule has 7 heteroatoms. The Morgan fingerprint density at radius 3 is 2.77 bits per heavy atom. The van der Waals surface area contributed by atoms with Gasteiger partial charge in [0.05, 0.1) is 11.6 Å². The zero-order valence-electron chi connectivity index (χ0n) is 17.1. The molecule has 1 aromatic carbocycles. The van der Waals surface area contributed by atoms with Gasteiger partial charge in [-0.05, 0) is 54.4 Å². The van der Waals surface area contributed by atoms with E-state index in [0.29, 0.717) is 11.5 Å². The average Bonchev–Trinajstić information content (AvgIpc) is 3.07. The third kappa shape index (κ3) is 2.55. The van der Waals surface area contributed by atoms with Crippen molar-refractivity contribution in [3.63, 3.8) is 0 Å². The molecular formula is C23H26F2N4O. The average molecular weight is 412 g/mol. The monoisotopic (exact) mass is 412 g/mol. The summed E-state index contributed by atoms with van der Waals surface area (Å²) in [6.45, 7) is 2.39. The number of hydrogen-bond donors (Lipinski definition) is 1. The van der Waals surface area contributed by atoms with E-state index in [2.05, 4.69) is 13.0 Å². The van der Waals surface area contributed by atoms with Gasteiger partial charge in [0.2, 0.25) is 5.92 Å². The van der Waals surface area contributed by atoms with Gasteiger partial charge in [-0.15, -0.1) is 0 Å². The van der Waals surface area contributed by atoms with Gasteiger partial charge in [0.25, 0.3) is 5.91 Å². The maximum Gasteiger partial charge on any atom is 0.262 e. The number of alkyl halides is 2. The molecular weight excluding hydrogens is 386 g/mol. The lowest BCUT2D eigenvalue weighted by molar-refractivity contribution is -0.143. The molecule has 1 aromatic rings. The Morgan fingerprint density at radius 2 is 2.10 bits per heavy atom. The molecule has 3 aliphatic carbocycles. The minimum absolute atomic E-state index is 0.128. The lowest BCUT2D eigenvalue weighted by Gasteiger charge is -2.46. The van der Waals surface area contributed by atoms with Crippen LogP contribution in [0.5, 0.6) is 0 Å². The van der Waals surface area contributed by atoms with Gasteiger partial charge >= 0.3 is 0 Å². The first kappa shape index (κ1) is 19.5. The van der Waals surface area contributed by atoms with Crippen molar-refractivity contribution in [2.45, 2.75) is 63.3 Å². The SMILES string of the molecule is CC1CCCC2(Cc3ccc(C#N)cc3C23N=C(N)N(CC2CC(F)(F)C2)C3=O)C1. The summed E-state index contributed by atoms with van der Waals surface area (Å²) >= 11 is 0. The predicted molar refractivity (Wildman–Crippen MR) is 108 cm³/mol. The van der Waals surface area contributed by atoms with Gasteiger partial charge < -0.3 is 5.73 Å². The second-order valence-electron chi connectivity index (χ2n) is 9.87. The van der Waals surface area contributed by atoms with Crippen LogP contribution in [-0.2, 0) is 16.8 Å². The fraction of sp³-hybridized carbons (Fsp3) is 0.609. The Bertz CT molecular complexity index is 991. The van der Waals surface area contributed by atoms with Gasteiger partial charge in [0, 0.05) is 24.8 Å². The highest BCUT2D eigenvalue weighted by Crippen LogP contribution is 2.62. The van der Waals surface area contributed by atoms with E-state index in [1.807, 2.05) is 6.07 Å². The van der Waals surface area contributed by atoms with Crippen LogP contribution in [0.2, 0.25) is 0 Å². The van der Waals surface area contributed by atoms with Crippen molar-refractivity contribution in [1.29, 1.82) is 5.26 Å². The summed E-state index contributed by atoms with van der Waals surface area (Å²) in [5.74, 6) is -2.51. The fourth-order valence-corrected chi connectivity index (χ4v) is 6.51. The highest BCUT2D eigenvalue weighted by atomic mass is 19.3. The summed E-state index contributed by atoms with van der Waals surface area (Å²) in [7, 11) is 0. The molecule has 1 heterocycles. The van der Waals surface area contributed by atoms with Gasteiger partial charge in [-0.25, -0.2) is 13.8 Å². The van der Waals surface area contributed by atoms with Crippen molar-refractivity contribution in [3.05, 3.63) is 34.9 Å². The first-order valence-corrected chi connectivity index (χ1v) is 10.8. The third-order valence-electron chi connectivity index (χ3n) is 7.75. The molecule has 3 unspecified atom stereocenters. The van der Waals surface area contributed by atoms with Crippen molar-refractivity contribution in [2.24, 2.45) is 28.0 Å². The summed E-state index contributed by atoms with van der Waals surface area (Å²) < 4.78 is 26.7. The first-order valence-electron chi connectivity index (χ1n) is 10.8. The van der Waals surface area contributed by atoms with E-state index in [1.165, 1.54) is 4.90 Å². The van der Waals surface area contributed by atoms with Crippen LogP contribution < -0.4 is 5.73 Å². The molecule has 3 atom stereocenters. The van der Waals surface area contributed by atoms with Crippen LogP contribution in [0.25, 0.3) is 0 Å². The molecule has 0 radical (unpaired) electrons. The van der Waals surface area contributed by atoms with E-state index >= 15 is 0 Å². The molecule has 1 aliphatic heterocycles. The minimum Gasteiger partial charge on any atom is -0.369 e. The number of carbonyl (C=O) groups excluding carboxylic acids is 1. The lowest BCUT2D eigenvalue weighted by atomic mass is 9.59. The molecule has 2 N–H and O–H groups in total. The highest BCUT2D eigenvalue weighted by molar-refractivity contribution is 6.08. The third-order valence-corrected chi connectivity index (χ3v) is 7.75. The Kier molecular flexibility index (Phi) is 4.06. The van der Waals surface area contributed by atoms with Crippen molar-refractivity contribution >= 4 is 11.9 Å². The molecule has 0 saturated heterocycles. The number of halogens is 2. The summed E-state index contributed by atoms with van der Waals surface area (Å²) in [5.41, 5.74) is 7.08. The van der Waals surface area contributed by atoms with Crippen LogP contribution in [0.15, 0.2) is 23.2 Å². The second-order valence-corrected chi connectivity index (χ2v) is 9.87. The van der Waals surface area contributed by atoms with Crippen LogP contribution in [-0.4, -0.2) is 29.2 Å². The molecule has 158 valence electrons. The number of nitrogens with zero attached hydrogens (tertiary/aromatic N) is 3. The molecule has 0 bridgehead atoms. The number of carbonyl (C=O) groups is 1. The fourth-order valence-electron chi connectivity index (χ4n) is 6.51. The summed E-state index contributed by atoms with van der Waals surface area (Å²) in [4.78, 5) is 20.3. The van der Waals surface area contributed by atoms with Crippen LogP contribution in [0.3, 0.4) is 0 Å². The van der Waals surface area contributed by atoms with Gasteiger partial charge in [-0.3, -0.25) is 9.69 Å². The smallest absolute Gasteiger partial charge is 0.262 e. The quantitative estimate of drug-likeness (QED) is 0.804. The van der Waals surface area contributed by atoms with E-state index in [1.54, 1.807) is 12.1 Å². The Balaban J connectivity index is 1.59. The number of rotatable bonds is 2. The van der Waals surface area contributed by atoms with Gasteiger partial charge in [-0.2, -0.15) is 5.26 Å². The molecule has 2 saturated carbocycles. The predicted octanol–water partition coefficient (Wildman–Crippen LogP) is 3.71. The highest BCUT2D eigenvalue weighted by Gasteiger charge is 2.67. The zero-order chi connectivity index (χ0) is 21.3. The van der Waals surface area contributed by atoms with Crippen LogP contribution in [0, 0.1) is 28.6 Å². The Hall–Kier alpha value is -2.49. The van der Waals surface area contributed by atoms with E-state index in [4.69, 9.17) is 10.7 Å². The number of guanidine groups is 1. The number of nitrogens with two attached hydrogens (primary N) is 1. The van der Waals surface area contributed by atoms with Gasteiger partial charge in [0.15, 0.2) is 11.5 Å². The van der Waals surface area contributed by atoms with E-state index in [-0.39, 0.29) is 42.6 Å². The van der Waals surface area contributed by atoms with Crippen molar-refractivity contribution in [2.75, 3.05) is 6.54 Å². The number of hydrogen-bond acceptors (Lipinski definition) is 4. The number of benzene rings is 1. The molecule has 5 nitrogen and oxygen atoms in total. The van der Waals surface area contributed by atoms with E-state index in [0.717, 1.165) is 43.2 Å². The summed E-state index contributed by atoms with van der Waals surface area (Å²) in [6, 6.07) is 7.70. The Labute approximate surface area is 174 Å². The number of fused-ring (bicyclic) bond motifs is 3. The van der Waals surface area contributed by atoms with Crippen molar-refractivity contribution in [3.8, 4) is 6.07 Å². The molecule has 4 aliphatic rings. The number of nitriles is 1. The topological polar surface area (TPSA) is 82.5 Å². The van der Waals surface area contributed by atoms with Crippen LogP contribution in [0.1, 0.15) is 62.1 Å². The second kappa shape index (κ2) is 6.26. The largest absolute Gasteiger partial charge is 0.369 e. The molecule has 0 aromatic heterocycles. The maximum atomic E-state index is 14.0. The van der Waals surface area contributed by atoms with Crippen LogP contribution in [0.4, 0.5) is 8.78 Å². The van der Waals surface area contributed by atoms with Crippen LogP contribution >= 0.6 is 0 Å². The molecule has 30 heavy (non-hydrogen) atoms. The number of amides is 1. The lowest BCUT2D eigenvalue weighted by Crippen LogP contribution is -2.54. The summed E-state index contributed by atoms with van der Waals surface area (Å²) in [6.07, 6.45) is 4.16. The normalized spacial score (nSPS) is 34.7. The maximum absolute atomic E-state index is 14.0. The van der Waals surface area contributed by atoms with Gasteiger partial charge in [0.1, 0.15) is 0 Å². The standard InChI is InChI=1S/C23H26F2N4O/c1-14-3-2-6-21(8-14)11-17-5-4-15(12-26)7-18(17)23(21)19(30)29(20(27)28-23)13-16-9-22(24,25)10-16/h4-5,7,14,16H,2-3,6,8-11,13H2,1H3,(H2,27,28).